The summed E-state index contributed by atoms with van der Waals surface area (Å²) in [5, 5.41) is 13.3. The molecule has 5 heteroatoms. The number of aliphatic hydroxyl groups is 1. The maximum atomic E-state index is 14.1. The summed E-state index contributed by atoms with van der Waals surface area (Å²) in [6.45, 7) is 8.63. The van der Waals surface area contributed by atoms with Crippen LogP contribution in [-0.2, 0) is 4.74 Å². The van der Waals surface area contributed by atoms with Gasteiger partial charge in [0.2, 0.25) is 0 Å². The molecule has 0 aliphatic carbocycles. The van der Waals surface area contributed by atoms with E-state index in [2.05, 4.69) is 12.2 Å². The van der Waals surface area contributed by atoms with Crippen molar-refractivity contribution < 1.29 is 19.0 Å². The van der Waals surface area contributed by atoms with E-state index in [0.717, 1.165) is 37.9 Å². The van der Waals surface area contributed by atoms with Crippen LogP contribution in [0.4, 0.5) is 4.39 Å². The normalized spacial score (nSPS) is 13.7. The van der Waals surface area contributed by atoms with E-state index >= 15 is 0 Å². The lowest BCUT2D eigenvalue weighted by molar-refractivity contribution is 0.0757. The SMILES string of the molecule is CCCNCCCCC(O)COc1ccc(C(C)OCC)cc1F. The van der Waals surface area contributed by atoms with Crippen LogP contribution in [0, 0.1) is 5.82 Å². The standard InChI is InChI=1S/C19H32FNO3/c1-4-11-21-12-7-6-8-17(22)14-24-19-10-9-16(13-18(19)20)15(3)23-5-2/h9-10,13,15,17,21-22H,4-8,11-12,14H2,1-3H3. The first kappa shape index (κ1) is 20.9. The number of hydrogen-bond donors (Lipinski definition) is 2. The Kier molecular flexibility index (Phi) is 10.6. The van der Waals surface area contributed by atoms with Crippen LogP contribution in [0.3, 0.4) is 0 Å². The van der Waals surface area contributed by atoms with E-state index in [9.17, 15) is 9.50 Å². The largest absolute Gasteiger partial charge is 0.488 e. The number of rotatable bonds is 13. The van der Waals surface area contributed by atoms with Crippen molar-refractivity contribution in [2.24, 2.45) is 0 Å². The molecular weight excluding hydrogens is 309 g/mol. The fraction of sp³-hybridized carbons (Fsp3) is 0.684. The Hall–Kier alpha value is -1.17. The first-order valence-electron chi connectivity index (χ1n) is 9.01. The second-order valence-electron chi connectivity index (χ2n) is 6.00. The molecule has 138 valence electrons. The quantitative estimate of drug-likeness (QED) is 0.535. The molecule has 0 bridgehead atoms. The van der Waals surface area contributed by atoms with Gasteiger partial charge in [-0.2, -0.15) is 0 Å². The van der Waals surface area contributed by atoms with Crippen molar-refractivity contribution in [2.45, 2.75) is 58.7 Å². The van der Waals surface area contributed by atoms with Crippen LogP contribution in [0.1, 0.15) is 58.1 Å². The van der Waals surface area contributed by atoms with Gasteiger partial charge in [-0.3, -0.25) is 0 Å². The third-order valence-corrected chi connectivity index (χ3v) is 3.84. The van der Waals surface area contributed by atoms with Crippen LogP contribution >= 0.6 is 0 Å². The second kappa shape index (κ2) is 12.2. The number of ether oxygens (including phenoxy) is 2. The van der Waals surface area contributed by atoms with Crippen LogP contribution in [0.15, 0.2) is 18.2 Å². The van der Waals surface area contributed by atoms with Crippen molar-refractivity contribution in [1.29, 1.82) is 0 Å². The van der Waals surface area contributed by atoms with Crippen molar-refractivity contribution in [2.75, 3.05) is 26.3 Å². The highest BCUT2D eigenvalue weighted by atomic mass is 19.1. The highest BCUT2D eigenvalue weighted by molar-refractivity contribution is 5.30. The molecule has 2 atom stereocenters. The lowest BCUT2D eigenvalue weighted by Crippen LogP contribution is -2.19. The van der Waals surface area contributed by atoms with Crippen molar-refractivity contribution in [3.8, 4) is 5.75 Å². The lowest BCUT2D eigenvalue weighted by Gasteiger charge is -2.15. The zero-order valence-electron chi connectivity index (χ0n) is 15.2. The summed E-state index contributed by atoms with van der Waals surface area (Å²) in [6.07, 6.45) is 3.02. The summed E-state index contributed by atoms with van der Waals surface area (Å²) in [5.74, 6) is -0.249. The minimum absolute atomic E-state index is 0.111. The molecule has 0 spiro atoms. The van der Waals surface area contributed by atoms with Crippen LogP contribution in [0.25, 0.3) is 0 Å². The predicted octanol–water partition coefficient (Wildman–Crippen LogP) is 3.83. The van der Waals surface area contributed by atoms with E-state index in [4.69, 9.17) is 9.47 Å². The average molecular weight is 341 g/mol. The summed E-state index contributed by atoms with van der Waals surface area (Å²) >= 11 is 0. The highest BCUT2D eigenvalue weighted by Gasteiger charge is 2.12. The Morgan fingerprint density at radius 3 is 2.67 bits per heavy atom. The van der Waals surface area contributed by atoms with Crippen LogP contribution in [0.2, 0.25) is 0 Å². The minimum Gasteiger partial charge on any atom is -0.488 e. The van der Waals surface area contributed by atoms with Gasteiger partial charge in [0.05, 0.1) is 12.2 Å². The van der Waals surface area contributed by atoms with Gasteiger partial charge in [-0.25, -0.2) is 4.39 Å². The van der Waals surface area contributed by atoms with E-state index in [1.807, 2.05) is 13.8 Å². The second-order valence-corrected chi connectivity index (χ2v) is 6.00. The van der Waals surface area contributed by atoms with Crippen LogP contribution in [0.5, 0.6) is 5.75 Å². The summed E-state index contributed by atoms with van der Waals surface area (Å²) in [6, 6.07) is 4.83. The molecule has 0 heterocycles. The summed E-state index contributed by atoms with van der Waals surface area (Å²) < 4.78 is 24.9. The number of benzene rings is 1. The molecule has 1 rings (SSSR count). The molecular formula is C19H32FNO3. The van der Waals surface area contributed by atoms with E-state index in [-0.39, 0.29) is 18.5 Å². The van der Waals surface area contributed by atoms with Gasteiger partial charge < -0.3 is 19.9 Å². The maximum Gasteiger partial charge on any atom is 0.165 e. The average Bonchev–Trinajstić information content (AvgIpc) is 2.57. The van der Waals surface area contributed by atoms with Gasteiger partial charge in [0, 0.05) is 6.61 Å². The van der Waals surface area contributed by atoms with E-state index in [1.165, 1.54) is 6.07 Å². The molecule has 4 nitrogen and oxygen atoms in total. The molecule has 0 radical (unpaired) electrons. The molecule has 0 fully saturated rings. The fourth-order valence-electron chi connectivity index (χ4n) is 2.43. The lowest BCUT2D eigenvalue weighted by atomic mass is 10.1. The predicted molar refractivity (Wildman–Crippen MR) is 95.0 cm³/mol. The number of aliphatic hydroxyl groups excluding tert-OH is 1. The summed E-state index contributed by atoms with van der Waals surface area (Å²) in [5.41, 5.74) is 0.779. The first-order valence-corrected chi connectivity index (χ1v) is 9.01. The molecule has 0 amide bonds. The Bertz CT molecular complexity index is 456. The van der Waals surface area contributed by atoms with Crippen molar-refractivity contribution in [3.63, 3.8) is 0 Å². The van der Waals surface area contributed by atoms with Gasteiger partial charge in [-0.15, -0.1) is 0 Å². The molecule has 2 N–H and O–H groups in total. The fourth-order valence-corrected chi connectivity index (χ4v) is 2.43. The molecule has 0 aliphatic rings. The van der Waals surface area contributed by atoms with Crippen LogP contribution in [-0.4, -0.2) is 37.5 Å². The first-order chi connectivity index (χ1) is 11.6. The van der Waals surface area contributed by atoms with Crippen molar-refractivity contribution in [3.05, 3.63) is 29.6 Å². The molecule has 1 aromatic carbocycles. The summed E-state index contributed by atoms with van der Waals surface area (Å²) in [7, 11) is 0. The van der Waals surface area contributed by atoms with Gasteiger partial charge in [0.15, 0.2) is 11.6 Å². The molecule has 0 aliphatic heterocycles. The number of halogens is 1. The Balaban J connectivity index is 2.31. The summed E-state index contributed by atoms with van der Waals surface area (Å²) in [4.78, 5) is 0. The third-order valence-electron chi connectivity index (χ3n) is 3.84. The van der Waals surface area contributed by atoms with Gasteiger partial charge in [-0.1, -0.05) is 13.0 Å². The minimum atomic E-state index is -0.572. The monoisotopic (exact) mass is 341 g/mol. The van der Waals surface area contributed by atoms with Gasteiger partial charge >= 0.3 is 0 Å². The van der Waals surface area contributed by atoms with Crippen molar-refractivity contribution in [1.82, 2.24) is 5.32 Å². The highest BCUT2D eigenvalue weighted by Crippen LogP contribution is 2.24. The zero-order chi connectivity index (χ0) is 17.8. The Labute approximate surface area is 145 Å². The molecule has 2 unspecified atom stereocenters. The topological polar surface area (TPSA) is 50.7 Å². The number of hydrogen-bond acceptors (Lipinski definition) is 4. The molecule has 0 aromatic heterocycles. The van der Waals surface area contributed by atoms with Gasteiger partial charge in [-0.05, 0) is 70.3 Å². The molecule has 24 heavy (non-hydrogen) atoms. The Morgan fingerprint density at radius 2 is 2.00 bits per heavy atom. The molecule has 0 saturated carbocycles. The van der Waals surface area contributed by atoms with Gasteiger partial charge in [0.1, 0.15) is 6.61 Å². The van der Waals surface area contributed by atoms with Crippen molar-refractivity contribution >= 4 is 0 Å². The Morgan fingerprint density at radius 1 is 1.21 bits per heavy atom. The van der Waals surface area contributed by atoms with E-state index in [0.29, 0.717) is 13.0 Å². The van der Waals surface area contributed by atoms with E-state index < -0.39 is 11.9 Å². The van der Waals surface area contributed by atoms with E-state index in [1.54, 1.807) is 12.1 Å². The van der Waals surface area contributed by atoms with Gasteiger partial charge in [0.25, 0.3) is 0 Å². The smallest absolute Gasteiger partial charge is 0.165 e. The number of unbranched alkanes of at least 4 members (excludes halogenated alkanes) is 1. The third kappa shape index (κ3) is 8.08. The number of nitrogens with one attached hydrogen (secondary N) is 1. The zero-order valence-corrected chi connectivity index (χ0v) is 15.2. The maximum absolute atomic E-state index is 14.1. The molecule has 1 aromatic rings. The van der Waals surface area contributed by atoms with Crippen LogP contribution < -0.4 is 10.1 Å². The molecule has 0 saturated heterocycles.